The third kappa shape index (κ3) is 2.50. The minimum Gasteiger partial charge on any atom is -0.344 e. The van der Waals surface area contributed by atoms with Crippen LogP contribution in [0.25, 0.3) is 0 Å². The highest BCUT2D eigenvalue weighted by atomic mass is 19.3. The first kappa shape index (κ1) is 10.2. The summed E-state index contributed by atoms with van der Waals surface area (Å²) in [6.45, 7) is 3.22. The molecule has 1 rings (SSSR count). The molecule has 1 aliphatic carbocycles. The quantitative estimate of drug-likeness (QED) is 0.670. The van der Waals surface area contributed by atoms with Gasteiger partial charge in [-0.15, -0.1) is 0 Å². The van der Waals surface area contributed by atoms with Gasteiger partial charge in [-0.25, -0.2) is 8.78 Å². The fourth-order valence-electron chi connectivity index (χ4n) is 1.41. The topological polar surface area (TPSA) is 29.1 Å². The number of hydrogen-bond acceptors (Lipinski definition) is 1. The molecule has 74 valence electrons. The Morgan fingerprint density at radius 2 is 2.15 bits per heavy atom. The molecule has 0 aliphatic heterocycles. The molecular weight excluding hydrogens is 176 g/mol. The van der Waals surface area contributed by atoms with Gasteiger partial charge in [0.2, 0.25) is 5.91 Å². The van der Waals surface area contributed by atoms with E-state index < -0.39 is 18.4 Å². The van der Waals surface area contributed by atoms with Gasteiger partial charge in [-0.05, 0) is 24.8 Å². The van der Waals surface area contributed by atoms with Crippen molar-refractivity contribution in [2.24, 2.45) is 5.92 Å². The van der Waals surface area contributed by atoms with Crippen molar-refractivity contribution in [3.63, 3.8) is 0 Å². The predicted molar refractivity (Wildman–Crippen MR) is 45.5 cm³/mol. The van der Waals surface area contributed by atoms with E-state index in [0.717, 1.165) is 25.3 Å². The second-order valence-electron chi connectivity index (χ2n) is 3.26. The smallest absolute Gasteiger partial charge is 0.258 e. The van der Waals surface area contributed by atoms with Crippen molar-refractivity contribution < 1.29 is 13.6 Å². The minimum absolute atomic E-state index is 0.0519. The third-order valence-corrected chi connectivity index (χ3v) is 2.42. The van der Waals surface area contributed by atoms with Crippen molar-refractivity contribution in [2.45, 2.75) is 31.7 Å². The zero-order chi connectivity index (χ0) is 9.84. The van der Waals surface area contributed by atoms with E-state index in [2.05, 4.69) is 11.9 Å². The Hall–Kier alpha value is -0.930. The maximum Gasteiger partial charge on any atom is 0.258 e. The van der Waals surface area contributed by atoms with Gasteiger partial charge in [0.1, 0.15) is 0 Å². The molecule has 1 saturated carbocycles. The molecule has 0 radical (unpaired) electrons. The van der Waals surface area contributed by atoms with Gasteiger partial charge in [0.05, 0.1) is 6.04 Å². The van der Waals surface area contributed by atoms with Crippen LogP contribution in [0.15, 0.2) is 12.7 Å². The van der Waals surface area contributed by atoms with E-state index in [1.54, 1.807) is 0 Å². The Labute approximate surface area is 76.0 Å². The van der Waals surface area contributed by atoms with Gasteiger partial charge in [0, 0.05) is 0 Å². The highest BCUT2D eigenvalue weighted by molar-refractivity contribution is 5.87. The third-order valence-electron chi connectivity index (χ3n) is 2.42. The molecule has 4 heteroatoms. The second kappa shape index (κ2) is 4.35. The number of carbonyl (C=O) groups is 1. The molecule has 0 saturated heterocycles. The van der Waals surface area contributed by atoms with Crippen LogP contribution in [-0.2, 0) is 4.79 Å². The second-order valence-corrected chi connectivity index (χ2v) is 3.26. The van der Waals surface area contributed by atoms with Crippen LogP contribution in [0.2, 0.25) is 0 Å². The highest BCUT2D eigenvalue weighted by Crippen LogP contribution is 2.32. The molecule has 1 amide bonds. The fourth-order valence-corrected chi connectivity index (χ4v) is 1.41. The number of nitrogens with one attached hydrogen (secondary N) is 1. The first-order chi connectivity index (χ1) is 6.15. The van der Waals surface area contributed by atoms with Crippen LogP contribution >= 0.6 is 0 Å². The minimum atomic E-state index is -2.48. The van der Waals surface area contributed by atoms with Crippen LogP contribution < -0.4 is 5.32 Å². The summed E-state index contributed by atoms with van der Waals surface area (Å²) in [5, 5.41) is 2.26. The van der Waals surface area contributed by atoms with Gasteiger partial charge in [-0.2, -0.15) is 0 Å². The Morgan fingerprint density at radius 1 is 1.54 bits per heavy atom. The molecule has 0 aromatic rings. The van der Waals surface area contributed by atoms with Gasteiger partial charge in [0.25, 0.3) is 6.43 Å². The summed E-state index contributed by atoms with van der Waals surface area (Å²) in [7, 11) is 0. The number of amides is 1. The first-order valence-corrected chi connectivity index (χ1v) is 4.36. The molecule has 0 heterocycles. The molecule has 1 fully saturated rings. The van der Waals surface area contributed by atoms with Crippen molar-refractivity contribution >= 4 is 5.91 Å². The number of rotatable bonds is 4. The predicted octanol–water partition coefficient (Wildman–Crippen LogP) is 1.72. The monoisotopic (exact) mass is 189 g/mol. The van der Waals surface area contributed by atoms with Crippen LogP contribution in [0, 0.1) is 5.92 Å². The Morgan fingerprint density at radius 3 is 2.46 bits per heavy atom. The molecule has 13 heavy (non-hydrogen) atoms. The van der Waals surface area contributed by atoms with Crippen LogP contribution in [-0.4, -0.2) is 18.4 Å². The number of halogens is 2. The lowest BCUT2D eigenvalue weighted by Crippen LogP contribution is -2.46. The van der Waals surface area contributed by atoms with E-state index in [9.17, 15) is 13.6 Å². The van der Waals surface area contributed by atoms with Gasteiger partial charge in [-0.1, -0.05) is 13.0 Å². The summed E-state index contributed by atoms with van der Waals surface area (Å²) in [5.41, 5.74) is 0. The summed E-state index contributed by atoms with van der Waals surface area (Å²) in [6.07, 6.45) is 1.10. The molecular formula is C9H13F2NO. The highest BCUT2D eigenvalue weighted by Gasteiger charge is 2.34. The average molecular weight is 189 g/mol. The van der Waals surface area contributed by atoms with Gasteiger partial charge >= 0.3 is 0 Å². The summed E-state index contributed by atoms with van der Waals surface area (Å²) in [5.74, 6) is -0.568. The van der Waals surface area contributed by atoms with E-state index in [-0.39, 0.29) is 5.92 Å². The largest absolute Gasteiger partial charge is 0.344 e. The summed E-state index contributed by atoms with van der Waals surface area (Å²) in [6, 6.07) is -0.987. The molecule has 1 atom stereocenters. The number of alkyl halides is 2. The molecule has 0 aromatic carbocycles. The Bertz CT molecular complexity index is 202. The van der Waals surface area contributed by atoms with Crippen LogP contribution in [0.3, 0.4) is 0 Å². The van der Waals surface area contributed by atoms with E-state index in [1.165, 1.54) is 0 Å². The first-order valence-electron chi connectivity index (χ1n) is 4.36. The molecule has 0 bridgehead atoms. The maximum absolute atomic E-state index is 12.4. The standard InChI is InChI=1S/C9H13F2NO/c1-2-7(13)12-8(9(10)11)6-4-3-5-6/h2,6,8-9H,1,3-5H2,(H,12,13)/t8-/m0/s1. The van der Waals surface area contributed by atoms with Crippen molar-refractivity contribution in [2.75, 3.05) is 0 Å². The van der Waals surface area contributed by atoms with Gasteiger partial charge in [0.15, 0.2) is 0 Å². The normalized spacial score (nSPS) is 19.3. The molecule has 2 nitrogen and oxygen atoms in total. The molecule has 1 aliphatic rings. The molecule has 0 spiro atoms. The van der Waals surface area contributed by atoms with Crippen molar-refractivity contribution in [1.82, 2.24) is 5.32 Å². The van der Waals surface area contributed by atoms with Crippen molar-refractivity contribution in [3.05, 3.63) is 12.7 Å². The summed E-state index contributed by atoms with van der Waals surface area (Å²) < 4.78 is 24.8. The Kier molecular flexibility index (Phi) is 3.39. The SMILES string of the molecule is C=CC(=O)N[C@H](C(F)F)C1CCC1. The van der Waals surface area contributed by atoms with Crippen molar-refractivity contribution in [3.8, 4) is 0 Å². The molecule has 0 aromatic heterocycles. The lowest BCUT2D eigenvalue weighted by molar-refractivity contribution is -0.119. The number of hydrogen-bond donors (Lipinski definition) is 1. The van der Waals surface area contributed by atoms with Crippen LogP contribution in [0.5, 0.6) is 0 Å². The van der Waals surface area contributed by atoms with Crippen LogP contribution in [0.1, 0.15) is 19.3 Å². The number of carbonyl (C=O) groups excluding carboxylic acids is 1. The van der Waals surface area contributed by atoms with Crippen molar-refractivity contribution in [1.29, 1.82) is 0 Å². The molecule has 0 unspecified atom stereocenters. The maximum atomic E-state index is 12.4. The lowest BCUT2D eigenvalue weighted by Gasteiger charge is -2.33. The van der Waals surface area contributed by atoms with E-state index in [0.29, 0.717) is 0 Å². The van der Waals surface area contributed by atoms with Crippen LogP contribution in [0.4, 0.5) is 8.78 Å². The summed E-state index contributed by atoms with van der Waals surface area (Å²) in [4.78, 5) is 10.8. The van der Waals surface area contributed by atoms with Gasteiger partial charge < -0.3 is 5.32 Å². The Balaban J connectivity index is 2.46. The van der Waals surface area contributed by atoms with E-state index in [1.807, 2.05) is 0 Å². The molecule has 1 N–H and O–H groups in total. The van der Waals surface area contributed by atoms with E-state index in [4.69, 9.17) is 0 Å². The lowest BCUT2D eigenvalue weighted by atomic mass is 9.80. The van der Waals surface area contributed by atoms with E-state index >= 15 is 0 Å². The average Bonchev–Trinajstić information content (AvgIpc) is 1.99. The zero-order valence-electron chi connectivity index (χ0n) is 7.30. The van der Waals surface area contributed by atoms with Gasteiger partial charge in [-0.3, -0.25) is 4.79 Å². The zero-order valence-corrected chi connectivity index (χ0v) is 7.30. The fraction of sp³-hybridized carbons (Fsp3) is 0.667. The summed E-state index contributed by atoms with van der Waals surface area (Å²) >= 11 is 0.